The zero-order valence-electron chi connectivity index (χ0n) is 24.3. The highest BCUT2D eigenvalue weighted by Gasteiger charge is 2.24. The highest BCUT2D eigenvalue weighted by Crippen LogP contribution is 2.34. The van der Waals surface area contributed by atoms with Gasteiger partial charge >= 0.3 is 11.9 Å². The van der Waals surface area contributed by atoms with Crippen molar-refractivity contribution in [2.75, 3.05) is 32.8 Å². The number of carboxylic acid groups (broad SMARTS) is 1. The second kappa shape index (κ2) is 13.7. The van der Waals surface area contributed by atoms with E-state index in [4.69, 9.17) is 18.9 Å². The van der Waals surface area contributed by atoms with Gasteiger partial charge in [-0.3, -0.25) is 4.90 Å². The van der Waals surface area contributed by atoms with Crippen LogP contribution in [0.3, 0.4) is 0 Å². The topological polar surface area (TPSA) is 82.4 Å². The third kappa shape index (κ3) is 7.14. The predicted molar refractivity (Wildman–Crippen MR) is 164 cm³/mol. The van der Waals surface area contributed by atoms with Gasteiger partial charge in [-0.15, -0.1) is 0 Å². The number of carboxylic acids is 1. The molecule has 0 saturated carbocycles. The van der Waals surface area contributed by atoms with Crippen LogP contribution in [0.15, 0.2) is 97.3 Å². The number of carbonyl (C=O) groups is 1. The zero-order chi connectivity index (χ0) is 29.4. The van der Waals surface area contributed by atoms with Gasteiger partial charge in [-0.25, -0.2) is 4.79 Å². The average molecular weight is 583 g/mol. The minimum atomic E-state index is -0.967. The molecule has 6 rings (SSSR count). The summed E-state index contributed by atoms with van der Waals surface area (Å²) >= 11 is 0. The van der Waals surface area contributed by atoms with Gasteiger partial charge in [-0.1, -0.05) is 60.7 Å². The molecule has 8 nitrogen and oxygen atoms in total. The van der Waals surface area contributed by atoms with E-state index in [2.05, 4.69) is 52.1 Å². The van der Waals surface area contributed by atoms with E-state index in [0.717, 1.165) is 51.0 Å². The molecule has 0 spiro atoms. The van der Waals surface area contributed by atoms with Gasteiger partial charge in [0.25, 0.3) is 0 Å². The number of fused-ring (bicyclic) bond motifs is 1. The number of benzene rings is 3. The first kappa shape index (κ1) is 28.7. The largest absolute Gasteiger partial charge is 0.491 e. The van der Waals surface area contributed by atoms with Gasteiger partial charge in [-0.05, 0) is 67.6 Å². The predicted octanol–water partition coefficient (Wildman–Crippen LogP) is 6.42. The Bertz CT molecular complexity index is 1540. The summed E-state index contributed by atoms with van der Waals surface area (Å²) in [6, 6.07) is 25.6. The smallest absolute Gasteiger partial charge is 0.339 e. The van der Waals surface area contributed by atoms with E-state index < -0.39 is 5.97 Å². The minimum absolute atomic E-state index is 0.203. The van der Waals surface area contributed by atoms with Crippen LogP contribution in [0.25, 0.3) is 10.9 Å². The standard InChI is InChI=1S/C35H38N2O6/c38-35(39)29-12-5-7-14-32(29)40-22-20-36-18-15-27(16-19-36)30-24-37(31-13-6-4-11-28(30)31)17-8-21-41-34-25-42-33(43-34)23-26-9-2-1-3-10-26/h1-7,9-14,24-25,27,33H,8,15-23H2,(H,38,39). The minimum Gasteiger partial charge on any atom is -0.491 e. The zero-order valence-corrected chi connectivity index (χ0v) is 24.3. The molecule has 1 aromatic heterocycles. The number of aromatic carboxylic acids is 1. The van der Waals surface area contributed by atoms with E-state index >= 15 is 0 Å². The Morgan fingerprint density at radius 2 is 1.65 bits per heavy atom. The van der Waals surface area contributed by atoms with E-state index in [1.54, 1.807) is 30.5 Å². The number of aryl methyl sites for hydroxylation is 1. The number of hydrogen-bond donors (Lipinski definition) is 1. The summed E-state index contributed by atoms with van der Waals surface area (Å²) in [7, 11) is 0. The third-order valence-electron chi connectivity index (χ3n) is 8.23. The fourth-order valence-corrected chi connectivity index (χ4v) is 6.00. The monoisotopic (exact) mass is 582 g/mol. The van der Waals surface area contributed by atoms with Crippen LogP contribution in [-0.2, 0) is 27.2 Å². The van der Waals surface area contributed by atoms with Crippen molar-refractivity contribution < 1.29 is 28.8 Å². The number of nitrogens with zero attached hydrogens (tertiary/aromatic N) is 2. The van der Waals surface area contributed by atoms with Crippen LogP contribution in [0.1, 0.15) is 46.7 Å². The van der Waals surface area contributed by atoms with Crippen molar-refractivity contribution in [3.05, 3.63) is 114 Å². The SMILES string of the molecule is O=C(O)c1ccccc1OCCN1CCC(c2cn(CCCOC3=COC(Cc4ccccc4)O3)c3ccccc23)CC1. The number of rotatable bonds is 13. The maximum Gasteiger partial charge on any atom is 0.339 e. The maximum absolute atomic E-state index is 11.4. The number of hydrogen-bond acceptors (Lipinski definition) is 6. The highest BCUT2D eigenvalue weighted by atomic mass is 16.8. The van der Waals surface area contributed by atoms with Gasteiger partial charge in [0.2, 0.25) is 6.29 Å². The van der Waals surface area contributed by atoms with Crippen molar-refractivity contribution in [1.82, 2.24) is 9.47 Å². The lowest BCUT2D eigenvalue weighted by molar-refractivity contribution is -0.0700. The average Bonchev–Trinajstić information content (AvgIpc) is 3.64. The van der Waals surface area contributed by atoms with Gasteiger partial charge in [0.15, 0.2) is 6.26 Å². The fourth-order valence-electron chi connectivity index (χ4n) is 6.00. The molecule has 224 valence electrons. The second-order valence-corrected chi connectivity index (χ2v) is 11.1. The third-order valence-corrected chi connectivity index (χ3v) is 8.23. The van der Waals surface area contributed by atoms with Crippen LogP contribution in [0.2, 0.25) is 0 Å². The number of likely N-dealkylation sites (tertiary alicyclic amines) is 1. The Morgan fingerprint density at radius 3 is 2.49 bits per heavy atom. The molecule has 43 heavy (non-hydrogen) atoms. The number of piperidine rings is 1. The van der Waals surface area contributed by atoms with Gasteiger partial charge in [0.05, 0.1) is 6.61 Å². The summed E-state index contributed by atoms with van der Waals surface area (Å²) in [6.45, 7) is 4.64. The van der Waals surface area contributed by atoms with Gasteiger partial charge in [-0.2, -0.15) is 0 Å². The van der Waals surface area contributed by atoms with Crippen molar-refractivity contribution >= 4 is 16.9 Å². The van der Waals surface area contributed by atoms with E-state index in [9.17, 15) is 9.90 Å². The van der Waals surface area contributed by atoms with Crippen LogP contribution in [0, 0.1) is 0 Å². The fraction of sp³-hybridized carbons (Fsp3) is 0.343. The molecule has 0 radical (unpaired) electrons. The summed E-state index contributed by atoms with van der Waals surface area (Å²) in [6.07, 6.45) is 7.26. The van der Waals surface area contributed by atoms with E-state index in [1.165, 1.54) is 16.5 Å². The molecule has 1 atom stereocenters. The number of ether oxygens (including phenoxy) is 4. The molecule has 2 aliphatic heterocycles. The molecule has 2 aliphatic rings. The van der Waals surface area contributed by atoms with E-state index in [-0.39, 0.29) is 11.9 Å². The Kier molecular flexibility index (Phi) is 9.13. The van der Waals surface area contributed by atoms with Crippen molar-refractivity contribution in [3.63, 3.8) is 0 Å². The molecule has 4 aromatic rings. The first-order chi connectivity index (χ1) is 21.1. The van der Waals surface area contributed by atoms with E-state index in [0.29, 0.717) is 37.2 Å². The van der Waals surface area contributed by atoms with Crippen LogP contribution >= 0.6 is 0 Å². The molecule has 3 aromatic carbocycles. The highest BCUT2D eigenvalue weighted by molar-refractivity contribution is 5.90. The summed E-state index contributed by atoms with van der Waals surface area (Å²) in [4.78, 5) is 13.8. The Balaban J connectivity index is 0.967. The van der Waals surface area contributed by atoms with Gasteiger partial charge in [0.1, 0.15) is 17.9 Å². The first-order valence-corrected chi connectivity index (χ1v) is 15.1. The first-order valence-electron chi connectivity index (χ1n) is 15.1. The van der Waals surface area contributed by atoms with Crippen LogP contribution in [0.4, 0.5) is 0 Å². The Labute approximate surface area is 252 Å². The lowest BCUT2D eigenvalue weighted by Gasteiger charge is -2.31. The van der Waals surface area contributed by atoms with E-state index in [1.807, 2.05) is 18.2 Å². The molecular formula is C35H38N2O6. The quantitative estimate of drug-likeness (QED) is 0.182. The van der Waals surface area contributed by atoms with Crippen molar-refractivity contribution in [1.29, 1.82) is 0 Å². The Morgan fingerprint density at radius 1 is 0.884 bits per heavy atom. The molecule has 1 N–H and O–H groups in total. The summed E-state index contributed by atoms with van der Waals surface area (Å²) in [5, 5.41) is 10.7. The lowest BCUT2D eigenvalue weighted by atomic mass is 9.89. The number of aromatic nitrogens is 1. The Hall–Kier alpha value is -4.43. The summed E-state index contributed by atoms with van der Waals surface area (Å²) in [5.74, 6) is 0.409. The van der Waals surface area contributed by atoms with Crippen LogP contribution < -0.4 is 4.74 Å². The molecule has 0 amide bonds. The van der Waals surface area contributed by atoms with Crippen LogP contribution in [0.5, 0.6) is 5.75 Å². The number of para-hydroxylation sites is 2. The maximum atomic E-state index is 11.4. The van der Waals surface area contributed by atoms with Gasteiger partial charge < -0.3 is 28.6 Å². The molecule has 0 bridgehead atoms. The summed E-state index contributed by atoms with van der Waals surface area (Å²) < 4.78 is 25.5. The molecule has 8 heteroatoms. The molecular weight excluding hydrogens is 544 g/mol. The van der Waals surface area contributed by atoms with Crippen molar-refractivity contribution in [2.24, 2.45) is 0 Å². The molecule has 1 saturated heterocycles. The second-order valence-electron chi connectivity index (χ2n) is 11.1. The van der Waals surface area contributed by atoms with Gasteiger partial charge in [0, 0.05) is 36.6 Å². The molecule has 0 aliphatic carbocycles. The lowest BCUT2D eigenvalue weighted by Crippen LogP contribution is -2.35. The normalized spacial score (nSPS) is 17.3. The van der Waals surface area contributed by atoms with Crippen LogP contribution in [-0.4, -0.2) is 59.7 Å². The van der Waals surface area contributed by atoms with Crippen molar-refractivity contribution in [3.8, 4) is 5.75 Å². The molecule has 3 heterocycles. The molecule has 1 unspecified atom stereocenters. The summed E-state index contributed by atoms with van der Waals surface area (Å²) in [5.41, 5.74) is 4.04. The molecule has 1 fully saturated rings. The van der Waals surface area contributed by atoms with Crippen molar-refractivity contribution in [2.45, 2.75) is 44.4 Å².